The lowest BCUT2D eigenvalue weighted by molar-refractivity contribution is 0.0692. The van der Waals surface area contributed by atoms with Gasteiger partial charge in [0, 0.05) is 19.3 Å². The second-order valence-corrected chi connectivity index (χ2v) is 3.93. The molecule has 0 aromatic carbocycles. The highest BCUT2D eigenvalue weighted by atomic mass is 16.5. The molecule has 0 radical (unpaired) electrons. The van der Waals surface area contributed by atoms with Crippen molar-refractivity contribution in [3.05, 3.63) is 17.5 Å². The van der Waals surface area contributed by atoms with E-state index in [2.05, 4.69) is 15.6 Å². The molecular formula is C11H17N3O4. The monoisotopic (exact) mass is 255 g/mol. The van der Waals surface area contributed by atoms with Gasteiger partial charge in [0.05, 0.1) is 11.8 Å². The second kappa shape index (κ2) is 6.06. The van der Waals surface area contributed by atoms with Crippen LogP contribution in [0.4, 0.5) is 10.5 Å². The third-order valence-corrected chi connectivity index (χ3v) is 2.37. The second-order valence-electron chi connectivity index (χ2n) is 3.93. The van der Waals surface area contributed by atoms with Crippen molar-refractivity contribution in [2.45, 2.75) is 20.0 Å². The predicted molar refractivity (Wildman–Crippen MR) is 66.0 cm³/mol. The van der Waals surface area contributed by atoms with E-state index in [0.717, 1.165) is 0 Å². The van der Waals surface area contributed by atoms with E-state index in [4.69, 9.17) is 9.84 Å². The molecule has 100 valence electrons. The summed E-state index contributed by atoms with van der Waals surface area (Å²) in [5.74, 6) is -1.12. The van der Waals surface area contributed by atoms with Crippen molar-refractivity contribution in [2.24, 2.45) is 0 Å². The quantitative estimate of drug-likeness (QED) is 0.634. The molecule has 1 unspecified atom stereocenters. The van der Waals surface area contributed by atoms with Gasteiger partial charge in [-0.25, -0.2) is 9.59 Å². The number of aryl methyl sites for hydroxylation is 1. The summed E-state index contributed by atoms with van der Waals surface area (Å²) in [5, 5.41) is 14.0. The number of hydrogen-bond acceptors (Lipinski definition) is 3. The number of carboxylic acids is 1. The number of urea groups is 1. The molecule has 0 aliphatic carbocycles. The first-order valence-electron chi connectivity index (χ1n) is 5.44. The minimum atomic E-state index is -1.12. The zero-order chi connectivity index (χ0) is 13.7. The average Bonchev–Trinajstić information content (AvgIpc) is 2.67. The third-order valence-electron chi connectivity index (χ3n) is 2.37. The number of carbonyl (C=O) groups is 2. The Labute approximate surface area is 105 Å². The molecule has 1 rings (SSSR count). The highest BCUT2D eigenvalue weighted by molar-refractivity contribution is 5.99. The summed E-state index contributed by atoms with van der Waals surface area (Å²) < 4.78 is 4.97. The lowest BCUT2D eigenvalue weighted by atomic mass is 10.3. The van der Waals surface area contributed by atoms with E-state index in [-0.39, 0.29) is 17.5 Å². The number of amides is 2. The summed E-state index contributed by atoms with van der Waals surface area (Å²) in [5.41, 5.74) is 0.859. The van der Waals surface area contributed by atoms with E-state index in [0.29, 0.717) is 12.2 Å². The van der Waals surface area contributed by atoms with Gasteiger partial charge in [-0.15, -0.1) is 0 Å². The van der Waals surface area contributed by atoms with Gasteiger partial charge in [-0.3, -0.25) is 0 Å². The maximum atomic E-state index is 11.5. The number of nitrogens with one attached hydrogen (secondary N) is 3. The van der Waals surface area contributed by atoms with Gasteiger partial charge in [-0.1, -0.05) is 0 Å². The summed E-state index contributed by atoms with van der Waals surface area (Å²) >= 11 is 0. The number of hydrogen-bond donors (Lipinski definition) is 4. The van der Waals surface area contributed by atoms with Crippen molar-refractivity contribution in [3.63, 3.8) is 0 Å². The van der Waals surface area contributed by atoms with E-state index in [9.17, 15) is 9.59 Å². The summed E-state index contributed by atoms with van der Waals surface area (Å²) in [4.78, 5) is 25.1. The van der Waals surface area contributed by atoms with E-state index >= 15 is 0 Å². The Balaban J connectivity index is 2.61. The SMILES string of the molecule is COC(C)CNC(=O)Nc1cc(C)[nH]c1C(=O)O. The molecule has 2 amide bonds. The van der Waals surface area contributed by atoms with Gasteiger partial charge < -0.3 is 25.5 Å². The van der Waals surface area contributed by atoms with Crippen molar-refractivity contribution >= 4 is 17.7 Å². The van der Waals surface area contributed by atoms with Crippen LogP contribution in [0.15, 0.2) is 6.07 Å². The van der Waals surface area contributed by atoms with Gasteiger partial charge >= 0.3 is 12.0 Å². The molecule has 1 aromatic heterocycles. The number of carboxylic acid groups (broad SMARTS) is 1. The molecule has 0 fully saturated rings. The highest BCUT2D eigenvalue weighted by Gasteiger charge is 2.15. The predicted octanol–water partition coefficient (Wildman–Crippen LogP) is 1.18. The standard InChI is InChI=1S/C11H17N3O4/c1-6-4-8(9(13-6)10(15)16)14-11(17)12-5-7(2)18-3/h4,7,13H,5H2,1-3H3,(H,15,16)(H2,12,14,17). The van der Waals surface area contributed by atoms with Crippen molar-refractivity contribution in [3.8, 4) is 0 Å². The van der Waals surface area contributed by atoms with Crippen LogP contribution in [0.5, 0.6) is 0 Å². The zero-order valence-electron chi connectivity index (χ0n) is 10.5. The number of anilines is 1. The average molecular weight is 255 g/mol. The van der Waals surface area contributed by atoms with Gasteiger partial charge in [0.2, 0.25) is 0 Å². The van der Waals surface area contributed by atoms with Gasteiger partial charge in [-0.2, -0.15) is 0 Å². The largest absolute Gasteiger partial charge is 0.477 e. The molecule has 1 aromatic rings. The number of aromatic nitrogens is 1. The number of methoxy groups -OCH3 is 1. The Morgan fingerprint density at radius 1 is 1.56 bits per heavy atom. The van der Waals surface area contributed by atoms with Crippen molar-refractivity contribution in [1.29, 1.82) is 0 Å². The highest BCUT2D eigenvalue weighted by Crippen LogP contribution is 2.16. The number of aromatic amines is 1. The van der Waals surface area contributed by atoms with E-state index in [1.165, 1.54) is 0 Å². The summed E-state index contributed by atoms with van der Waals surface area (Å²) in [6.45, 7) is 3.86. The summed E-state index contributed by atoms with van der Waals surface area (Å²) in [6, 6.07) is 1.09. The van der Waals surface area contributed by atoms with Crippen LogP contribution in [0.25, 0.3) is 0 Å². The van der Waals surface area contributed by atoms with Crippen molar-refractivity contribution in [1.82, 2.24) is 10.3 Å². The fourth-order valence-corrected chi connectivity index (χ4v) is 1.34. The van der Waals surface area contributed by atoms with Gasteiger partial charge in [0.25, 0.3) is 0 Å². The van der Waals surface area contributed by atoms with Gasteiger partial charge in [0.15, 0.2) is 0 Å². The van der Waals surface area contributed by atoms with Crippen molar-refractivity contribution in [2.75, 3.05) is 19.0 Å². The Bertz CT molecular complexity index is 441. The Morgan fingerprint density at radius 2 is 2.22 bits per heavy atom. The lowest BCUT2D eigenvalue weighted by Crippen LogP contribution is -2.35. The van der Waals surface area contributed by atoms with E-state index in [1.807, 2.05) is 6.92 Å². The summed E-state index contributed by atoms with van der Waals surface area (Å²) in [7, 11) is 1.54. The molecule has 7 heteroatoms. The maximum Gasteiger partial charge on any atom is 0.354 e. The first-order valence-corrected chi connectivity index (χ1v) is 5.44. The molecule has 4 N–H and O–H groups in total. The molecule has 1 atom stereocenters. The Hall–Kier alpha value is -2.02. The molecule has 1 heterocycles. The first kappa shape index (κ1) is 14.0. The van der Waals surface area contributed by atoms with Crippen molar-refractivity contribution < 1.29 is 19.4 Å². The number of carbonyl (C=O) groups excluding carboxylic acids is 1. The number of ether oxygens (including phenoxy) is 1. The normalized spacial score (nSPS) is 11.9. The Kier molecular flexibility index (Phi) is 4.73. The van der Waals surface area contributed by atoms with Crippen LogP contribution >= 0.6 is 0 Å². The van der Waals surface area contributed by atoms with Crippen LogP contribution in [-0.2, 0) is 4.74 Å². The van der Waals surface area contributed by atoms with Crippen LogP contribution in [0.3, 0.4) is 0 Å². The molecular weight excluding hydrogens is 238 g/mol. The van der Waals surface area contributed by atoms with Crippen LogP contribution in [0, 0.1) is 6.92 Å². The summed E-state index contributed by atoms with van der Waals surface area (Å²) in [6.07, 6.45) is -0.109. The topological polar surface area (TPSA) is 103 Å². The molecule has 7 nitrogen and oxygen atoms in total. The maximum absolute atomic E-state index is 11.5. The number of rotatable bonds is 5. The van der Waals surface area contributed by atoms with Crippen LogP contribution < -0.4 is 10.6 Å². The molecule has 0 aliphatic rings. The third kappa shape index (κ3) is 3.77. The van der Waals surface area contributed by atoms with E-state index in [1.54, 1.807) is 20.1 Å². The zero-order valence-corrected chi connectivity index (χ0v) is 10.5. The minimum absolute atomic E-state index is 0.0394. The molecule has 0 spiro atoms. The Morgan fingerprint density at radius 3 is 2.78 bits per heavy atom. The molecule has 0 aliphatic heterocycles. The van der Waals surface area contributed by atoms with E-state index < -0.39 is 12.0 Å². The van der Waals surface area contributed by atoms with Crippen LogP contribution in [0.1, 0.15) is 23.1 Å². The molecule has 0 bridgehead atoms. The number of aromatic carboxylic acids is 1. The van der Waals surface area contributed by atoms with Crippen LogP contribution in [-0.4, -0.2) is 41.8 Å². The minimum Gasteiger partial charge on any atom is -0.477 e. The fraction of sp³-hybridized carbons (Fsp3) is 0.455. The smallest absolute Gasteiger partial charge is 0.354 e. The number of H-pyrrole nitrogens is 1. The van der Waals surface area contributed by atoms with Crippen LogP contribution in [0.2, 0.25) is 0 Å². The van der Waals surface area contributed by atoms with Gasteiger partial charge in [0.1, 0.15) is 5.69 Å². The molecule has 0 saturated heterocycles. The molecule has 0 saturated carbocycles. The fourth-order valence-electron chi connectivity index (χ4n) is 1.34. The first-order chi connectivity index (χ1) is 8.43. The lowest BCUT2D eigenvalue weighted by Gasteiger charge is -2.11. The molecule has 18 heavy (non-hydrogen) atoms. The van der Waals surface area contributed by atoms with Gasteiger partial charge in [-0.05, 0) is 19.9 Å².